The fourth-order valence-corrected chi connectivity index (χ4v) is 2.11. The Labute approximate surface area is 79.9 Å². The van der Waals surface area contributed by atoms with Gasteiger partial charge >= 0.3 is 0 Å². The molecule has 1 aliphatic heterocycles. The van der Waals surface area contributed by atoms with Gasteiger partial charge in [0.2, 0.25) is 0 Å². The van der Waals surface area contributed by atoms with Crippen molar-refractivity contribution in [1.29, 1.82) is 0 Å². The van der Waals surface area contributed by atoms with Gasteiger partial charge in [0.05, 0.1) is 6.61 Å². The predicted molar refractivity (Wildman–Crippen MR) is 52.5 cm³/mol. The number of benzene rings is 1. The van der Waals surface area contributed by atoms with Crippen LogP contribution in [-0.4, -0.2) is 6.61 Å². The van der Waals surface area contributed by atoms with Gasteiger partial charge in [-0.1, -0.05) is 18.2 Å². The van der Waals surface area contributed by atoms with Gasteiger partial charge in [0.15, 0.2) is 0 Å². The Hall–Kier alpha value is -0.0900. The highest BCUT2D eigenvalue weighted by Gasteiger charge is 2.42. The Morgan fingerprint density at radius 1 is 1.45 bits per heavy atom. The minimum atomic E-state index is 0.0256. The third-order valence-electron chi connectivity index (χ3n) is 2.02. The minimum absolute atomic E-state index is 0.0256. The van der Waals surface area contributed by atoms with E-state index in [1.165, 1.54) is 9.13 Å². The van der Waals surface area contributed by atoms with Crippen LogP contribution in [0.5, 0.6) is 0 Å². The summed E-state index contributed by atoms with van der Waals surface area (Å²) in [6, 6.07) is 8.36. The fraction of sp³-hybridized carbons (Fsp3) is 0.333. The van der Waals surface area contributed by atoms with E-state index in [0.29, 0.717) is 0 Å². The fourth-order valence-electron chi connectivity index (χ4n) is 1.15. The monoisotopic (exact) mass is 260 g/mol. The first kappa shape index (κ1) is 7.55. The molecule has 1 fully saturated rings. The van der Waals surface area contributed by atoms with Crippen LogP contribution in [0.15, 0.2) is 24.3 Å². The number of hydrogen-bond donors (Lipinski definition) is 0. The van der Waals surface area contributed by atoms with Crippen molar-refractivity contribution in [3.8, 4) is 0 Å². The van der Waals surface area contributed by atoms with E-state index in [9.17, 15) is 0 Å². The first-order valence-electron chi connectivity index (χ1n) is 3.61. The molecule has 1 aliphatic rings. The summed E-state index contributed by atoms with van der Waals surface area (Å²) in [4.78, 5) is 0. The van der Waals surface area contributed by atoms with Gasteiger partial charge in [0.25, 0.3) is 0 Å². The van der Waals surface area contributed by atoms with Crippen molar-refractivity contribution in [1.82, 2.24) is 0 Å². The lowest BCUT2D eigenvalue weighted by Gasteiger charge is -2.06. The van der Waals surface area contributed by atoms with Gasteiger partial charge in [0, 0.05) is 3.57 Å². The third-order valence-corrected chi connectivity index (χ3v) is 2.96. The van der Waals surface area contributed by atoms with Crippen molar-refractivity contribution in [2.45, 2.75) is 12.5 Å². The van der Waals surface area contributed by atoms with Crippen LogP contribution in [0.2, 0.25) is 0 Å². The number of hydrogen-bond acceptors (Lipinski definition) is 1. The summed E-state index contributed by atoms with van der Waals surface area (Å²) in [6.07, 6.45) is 0. The molecule has 2 heteroatoms. The molecule has 2 rings (SSSR count). The van der Waals surface area contributed by atoms with E-state index in [0.717, 1.165) is 6.61 Å². The first-order chi connectivity index (χ1) is 5.22. The molecule has 0 aromatic heterocycles. The average molecular weight is 260 g/mol. The average Bonchev–Trinajstić information content (AvgIpc) is 2.70. The van der Waals surface area contributed by atoms with Gasteiger partial charge in [-0.15, -0.1) is 0 Å². The lowest BCUT2D eigenvalue weighted by molar-refractivity contribution is 0.328. The molecule has 1 aromatic rings. The van der Waals surface area contributed by atoms with Crippen LogP contribution < -0.4 is 0 Å². The van der Waals surface area contributed by atoms with Gasteiger partial charge in [-0.25, -0.2) is 0 Å². The summed E-state index contributed by atoms with van der Waals surface area (Å²) in [7, 11) is 0. The van der Waals surface area contributed by atoms with Crippen molar-refractivity contribution < 1.29 is 4.74 Å². The van der Waals surface area contributed by atoms with Crippen LogP contribution in [0.25, 0.3) is 0 Å². The second-order valence-electron chi connectivity index (χ2n) is 3.00. The highest BCUT2D eigenvalue weighted by Crippen LogP contribution is 2.39. The molecule has 1 aromatic carbocycles. The van der Waals surface area contributed by atoms with Crippen molar-refractivity contribution in [2.24, 2.45) is 0 Å². The van der Waals surface area contributed by atoms with Crippen LogP contribution in [0, 0.1) is 3.57 Å². The summed E-state index contributed by atoms with van der Waals surface area (Å²) in [6.45, 7) is 3.00. The lowest BCUT2D eigenvalue weighted by Crippen LogP contribution is -2.03. The first-order valence-corrected chi connectivity index (χ1v) is 4.69. The standard InChI is InChI=1S/C9H9IO/c1-9(6-11-9)7-4-2-3-5-8(7)10/h2-5H,6H2,1H3. The van der Waals surface area contributed by atoms with Crippen molar-refractivity contribution in [3.63, 3.8) is 0 Å². The molecule has 0 aliphatic carbocycles. The molecule has 1 saturated heterocycles. The van der Waals surface area contributed by atoms with Crippen molar-refractivity contribution in [2.75, 3.05) is 6.61 Å². The summed E-state index contributed by atoms with van der Waals surface area (Å²) in [5.41, 5.74) is 1.35. The topological polar surface area (TPSA) is 12.5 Å². The van der Waals surface area contributed by atoms with Crippen LogP contribution >= 0.6 is 22.6 Å². The van der Waals surface area contributed by atoms with E-state index in [1.54, 1.807) is 0 Å². The molecule has 1 unspecified atom stereocenters. The van der Waals surface area contributed by atoms with Crippen LogP contribution in [0.3, 0.4) is 0 Å². The largest absolute Gasteiger partial charge is 0.365 e. The van der Waals surface area contributed by atoms with Crippen molar-refractivity contribution >= 4 is 22.6 Å². The van der Waals surface area contributed by atoms with Crippen molar-refractivity contribution in [3.05, 3.63) is 33.4 Å². The smallest absolute Gasteiger partial charge is 0.115 e. The normalized spacial score (nSPS) is 28.5. The Bertz CT molecular complexity index is 279. The third kappa shape index (κ3) is 1.29. The van der Waals surface area contributed by atoms with Gasteiger partial charge < -0.3 is 4.74 Å². The lowest BCUT2D eigenvalue weighted by atomic mass is 10.0. The molecular formula is C9H9IO. The highest BCUT2D eigenvalue weighted by molar-refractivity contribution is 14.1. The molecule has 0 amide bonds. The van der Waals surface area contributed by atoms with Gasteiger partial charge in [0.1, 0.15) is 5.60 Å². The van der Waals surface area contributed by atoms with E-state index >= 15 is 0 Å². The molecule has 0 N–H and O–H groups in total. The minimum Gasteiger partial charge on any atom is -0.365 e. The van der Waals surface area contributed by atoms with Crippen LogP contribution in [-0.2, 0) is 10.3 Å². The summed E-state index contributed by atoms with van der Waals surface area (Å²) < 4.78 is 6.65. The zero-order valence-corrected chi connectivity index (χ0v) is 8.46. The zero-order valence-electron chi connectivity index (χ0n) is 6.30. The Morgan fingerprint density at radius 3 is 2.64 bits per heavy atom. The maximum atomic E-state index is 5.36. The van der Waals surface area contributed by atoms with E-state index in [-0.39, 0.29) is 5.60 Å². The van der Waals surface area contributed by atoms with Gasteiger partial charge in [-0.05, 0) is 41.1 Å². The second kappa shape index (κ2) is 2.45. The van der Waals surface area contributed by atoms with Gasteiger partial charge in [-0.3, -0.25) is 0 Å². The maximum absolute atomic E-state index is 5.36. The van der Waals surface area contributed by atoms with E-state index in [1.807, 2.05) is 0 Å². The van der Waals surface area contributed by atoms with Gasteiger partial charge in [-0.2, -0.15) is 0 Å². The summed E-state index contributed by atoms with van der Waals surface area (Å²) in [5, 5.41) is 0. The maximum Gasteiger partial charge on any atom is 0.115 e. The van der Waals surface area contributed by atoms with E-state index in [4.69, 9.17) is 4.74 Å². The number of ether oxygens (including phenoxy) is 1. The molecule has 1 nitrogen and oxygen atoms in total. The SMILES string of the molecule is CC1(c2ccccc2I)CO1. The molecule has 58 valence electrons. The molecule has 1 heterocycles. The molecule has 0 spiro atoms. The Morgan fingerprint density at radius 2 is 2.09 bits per heavy atom. The molecule has 1 atom stereocenters. The number of epoxide rings is 1. The number of rotatable bonds is 1. The number of halogens is 1. The summed E-state index contributed by atoms with van der Waals surface area (Å²) in [5.74, 6) is 0. The molecule has 0 bridgehead atoms. The predicted octanol–water partition coefficient (Wildman–Crippen LogP) is 2.54. The quantitative estimate of drug-likeness (QED) is 0.558. The molecule has 11 heavy (non-hydrogen) atoms. The summed E-state index contributed by atoms with van der Waals surface area (Å²) >= 11 is 2.35. The Kier molecular flexibility index (Phi) is 1.68. The highest BCUT2D eigenvalue weighted by atomic mass is 127. The second-order valence-corrected chi connectivity index (χ2v) is 4.16. The van der Waals surface area contributed by atoms with E-state index < -0.39 is 0 Å². The molecule has 0 radical (unpaired) electrons. The van der Waals surface area contributed by atoms with E-state index in [2.05, 4.69) is 53.8 Å². The molecular weight excluding hydrogens is 251 g/mol. The zero-order chi connectivity index (χ0) is 7.90. The van der Waals surface area contributed by atoms with Crippen LogP contribution in [0.1, 0.15) is 12.5 Å². The Balaban J connectivity index is 2.45. The molecule has 0 saturated carbocycles. The van der Waals surface area contributed by atoms with Crippen LogP contribution in [0.4, 0.5) is 0 Å².